The number of hydrogen-bond donors (Lipinski definition) is 1. The third-order valence-corrected chi connectivity index (χ3v) is 4.38. The van der Waals surface area contributed by atoms with Gasteiger partial charge in [-0.15, -0.1) is 0 Å². The minimum absolute atomic E-state index is 0.156. The number of hydrogen-bond acceptors (Lipinski definition) is 3. The first-order chi connectivity index (χ1) is 9.60. The summed E-state index contributed by atoms with van der Waals surface area (Å²) in [6.07, 6.45) is 1.07. The number of piperazine rings is 1. The molecule has 1 heterocycles. The van der Waals surface area contributed by atoms with E-state index >= 15 is 0 Å². The summed E-state index contributed by atoms with van der Waals surface area (Å²) in [5.41, 5.74) is 1.34. The van der Waals surface area contributed by atoms with E-state index in [-0.39, 0.29) is 6.54 Å². The van der Waals surface area contributed by atoms with Gasteiger partial charge in [0.05, 0.1) is 6.54 Å². The summed E-state index contributed by atoms with van der Waals surface area (Å²) in [5.74, 6) is -0.738. The second kappa shape index (κ2) is 7.20. The van der Waals surface area contributed by atoms with Crippen LogP contribution in [0.4, 0.5) is 0 Å². The quantitative estimate of drug-likeness (QED) is 0.894. The van der Waals surface area contributed by atoms with Crippen molar-refractivity contribution >= 4 is 21.9 Å². The van der Waals surface area contributed by atoms with Crippen LogP contribution in [0.2, 0.25) is 0 Å². The normalized spacial score (nSPS) is 18.9. The zero-order valence-corrected chi connectivity index (χ0v) is 13.3. The standard InChI is InChI=1S/C15H21BrN2O2/c1-2-14(12-3-5-13(16)6-4-12)18-9-7-17(8-10-18)11-15(19)20/h3-6,14H,2,7-11H2,1H3,(H,19,20). The van der Waals surface area contributed by atoms with Gasteiger partial charge in [0.2, 0.25) is 0 Å². The molecule has 4 nitrogen and oxygen atoms in total. The molecule has 1 aromatic carbocycles. The average molecular weight is 341 g/mol. The molecular formula is C15H21BrN2O2. The van der Waals surface area contributed by atoms with E-state index in [1.165, 1.54) is 5.56 Å². The molecule has 0 spiro atoms. The van der Waals surface area contributed by atoms with Crippen LogP contribution in [0, 0.1) is 0 Å². The lowest BCUT2D eigenvalue weighted by Gasteiger charge is -2.38. The molecule has 1 atom stereocenters. The maximum Gasteiger partial charge on any atom is 0.317 e. The van der Waals surface area contributed by atoms with E-state index in [0.717, 1.165) is 37.1 Å². The van der Waals surface area contributed by atoms with Crippen LogP contribution in [-0.2, 0) is 4.79 Å². The Bertz CT molecular complexity index is 442. The molecule has 0 saturated carbocycles. The average Bonchev–Trinajstić information content (AvgIpc) is 2.43. The fourth-order valence-electron chi connectivity index (χ4n) is 2.81. The van der Waals surface area contributed by atoms with E-state index in [1.807, 2.05) is 4.90 Å². The SMILES string of the molecule is CCC(c1ccc(Br)cc1)N1CCN(CC(=O)O)CC1. The summed E-state index contributed by atoms with van der Waals surface area (Å²) < 4.78 is 1.10. The van der Waals surface area contributed by atoms with Gasteiger partial charge in [0.1, 0.15) is 0 Å². The van der Waals surface area contributed by atoms with Crippen molar-refractivity contribution in [2.24, 2.45) is 0 Å². The van der Waals surface area contributed by atoms with Crippen LogP contribution in [-0.4, -0.2) is 53.6 Å². The van der Waals surface area contributed by atoms with E-state index < -0.39 is 5.97 Å². The first-order valence-electron chi connectivity index (χ1n) is 7.04. The molecule has 2 rings (SSSR count). The molecule has 1 N–H and O–H groups in total. The van der Waals surface area contributed by atoms with Crippen LogP contribution in [0.15, 0.2) is 28.7 Å². The van der Waals surface area contributed by atoms with Crippen molar-refractivity contribution in [1.29, 1.82) is 0 Å². The molecule has 0 radical (unpaired) electrons. The van der Waals surface area contributed by atoms with E-state index in [2.05, 4.69) is 52.0 Å². The number of benzene rings is 1. The van der Waals surface area contributed by atoms with Crippen LogP contribution < -0.4 is 0 Å². The molecule has 0 amide bonds. The molecule has 20 heavy (non-hydrogen) atoms. The van der Waals surface area contributed by atoms with E-state index in [0.29, 0.717) is 6.04 Å². The van der Waals surface area contributed by atoms with Gasteiger partial charge in [-0.1, -0.05) is 35.0 Å². The van der Waals surface area contributed by atoms with Crippen molar-refractivity contribution in [3.05, 3.63) is 34.3 Å². The summed E-state index contributed by atoms with van der Waals surface area (Å²) in [5, 5.41) is 8.83. The van der Waals surface area contributed by atoms with Crippen molar-refractivity contribution in [2.45, 2.75) is 19.4 Å². The van der Waals surface area contributed by atoms with Crippen LogP contribution in [0.25, 0.3) is 0 Å². The lowest BCUT2D eigenvalue weighted by Crippen LogP contribution is -2.48. The monoisotopic (exact) mass is 340 g/mol. The van der Waals surface area contributed by atoms with Crippen molar-refractivity contribution in [2.75, 3.05) is 32.7 Å². The van der Waals surface area contributed by atoms with Gasteiger partial charge in [0.15, 0.2) is 0 Å². The van der Waals surface area contributed by atoms with Crippen LogP contribution in [0.5, 0.6) is 0 Å². The van der Waals surface area contributed by atoms with Crippen molar-refractivity contribution < 1.29 is 9.90 Å². The molecule has 1 aromatic rings. The Hall–Kier alpha value is -0.910. The predicted molar refractivity (Wildman–Crippen MR) is 82.8 cm³/mol. The zero-order chi connectivity index (χ0) is 14.5. The number of nitrogens with zero attached hydrogens (tertiary/aromatic N) is 2. The highest BCUT2D eigenvalue weighted by atomic mass is 79.9. The number of carboxylic acids is 1. The molecule has 1 unspecified atom stereocenters. The maximum absolute atomic E-state index is 10.7. The highest BCUT2D eigenvalue weighted by molar-refractivity contribution is 9.10. The van der Waals surface area contributed by atoms with Gasteiger partial charge in [-0.05, 0) is 24.1 Å². The van der Waals surface area contributed by atoms with Crippen molar-refractivity contribution in [3.63, 3.8) is 0 Å². The number of halogens is 1. The minimum Gasteiger partial charge on any atom is -0.480 e. The summed E-state index contributed by atoms with van der Waals surface area (Å²) >= 11 is 3.47. The largest absolute Gasteiger partial charge is 0.480 e. The summed E-state index contributed by atoms with van der Waals surface area (Å²) in [6, 6.07) is 8.93. The third-order valence-electron chi connectivity index (χ3n) is 3.85. The number of rotatable bonds is 5. The van der Waals surface area contributed by atoms with E-state index in [1.54, 1.807) is 0 Å². The number of aliphatic carboxylic acids is 1. The van der Waals surface area contributed by atoms with Gasteiger partial charge in [0.25, 0.3) is 0 Å². The van der Waals surface area contributed by atoms with Gasteiger partial charge in [-0.25, -0.2) is 0 Å². The van der Waals surface area contributed by atoms with Crippen LogP contribution in [0.1, 0.15) is 24.9 Å². The zero-order valence-electron chi connectivity index (χ0n) is 11.8. The van der Waals surface area contributed by atoms with Gasteiger partial charge in [-0.3, -0.25) is 14.6 Å². The lowest BCUT2D eigenvalue weighted by atomic mass is 10.0. The second-order valence-corrected chi connectivity index (χ2v) is 6.10. The highest BCUT2D eigenvalue weighted by Crippen LogP contribution is 2.26. The molecule has 5 heteroatoms. The van der Waals surface area contributed by atoms with Crippen molar-refractivity contribution in [1.82, 2.24) is 9.80 Å². The lowest BCUT2D eigenvalue weighted by molar-refractivity contribution is -0.138. The Kier molecular flexibility index (Phi) is 5.57. The van der Waals surface area contributed by atoms with E-state index in [4.69, 9.17) is 5.11 Å². The minimum atomic E-state index is -0.738. The van der Waals surface area contributed by atoms with Gasteiger partial charge in [-0.2, -0.15) is 0 Å². The summed E-state index contributed by atoms with van der Waals surface area (Å²) in [4.78, 5) is 15.2. The Labute approximate surface area is 128 Å². The molecule has 1 aliphatic heterocycles. The smallest absolute Gasteiger partial charge is 0.317 e. The summed E-state index contributed by atoms with van der Waals surface area (Å²) in [7, 11) is 0. The second-order valence-electron chi connectivity index (χ2n) is 5.18. The molecule has 0 bridgehead atoms. The highest BCUT2D eigenvalue weighted by Gasteiger charge is 2.24. The Morgan fingerprint density at radius 3 is 2.35 bits per heavy atom. The van der Waals surface area contributed by atoms with Gasteiger partial charge >= 0.3 is 5.97 Å². The first kappa shape index (κ1) is 15.5. The Balaban J connectivity index is 1.96. The molecular weight excluding hydrogens is 320 g/mol. The Morgan fingerprint density at radius 1 is 1.25 bits per heavy atom. The number of carbonyl (C=O) groups is 1. The van der Waals surface area contributed by atoms with E-state index in [9.17, 15) is 4.79 Å². The summed E-state index contributed by atoms with van der Waals surface area (Å²) in [6.45, 7) is 5.89. The molecule has 0 aromatic heterocycles. The predicted octanol–water partition coefficient (Wildman–Crippen LogP) is 2.60. The Morgan fingerprint density at radius 2 is 1.85 bits per heavy atom. The maximum atomic E-state index is 10.7. The van der Waals surface area contributed by atoms with Crippen LogP contribution in [0.3, 0.4) is 0 Å². The number of carboxylic acid groups (broad SMARTS) is 1. The fraction of sp³-hybridized carbons (Fsp3) is 0.533. The third kappa shape index (κ3) is 4.04. The fourth-order valence-corrected chi connectivity index (χ4v) is 3.08. The molecule has 1 fully saturated rings. The van der Waals surface area contributed by atoms with Gasteiger partial charge in [0, 0.05) is 36.7 Å². The molecule has 0 aliphatic carbocycles. The van der Waals surface area contributed by atoms with Crippen molar-refractivity contribution in [3.8, 4) is 0 Å². The molecule has 1 aliphatic rings. The van der Waals surface area contributed by atoms with Gasteiger partial charge < -0.3 is 5.11 Å². The molecule has 110 valence electrons. The molecule has 1 saturated heterocycles. The topological polar surface area (TPSA) is 43.8 Å². The van der Waals surface area contributed by atoms with Crippen LogP contribution >= 0.6 is 15.9 Å². The first-order valence-corrected chi connectivity index (χ1v) is 7.83.